The average Bonchev–Trinajstić information content (AvgIpc) is 2.21. The second kappa shape index (κ2) is 2.19. The summed E-state index contributed by atoms with van der Waals surface area (Å²) in [7, 11) is 0. The Hall–Kier alpha value is -0.120. The maximum absolute atomic E-state index is 3.46. The molecular formula is C7H15N3. The lowest BCUT2D eigenvalue weighted by molar-refractivity contribution is 0.296. The first-order valence-corrected chi connectivity index (χ1v) is 4.02. The van der Waals surface area contributed by atoms with Crippen LogP contribution in [0.4, 0.5) is 0 Å². The molecule has 2 aliphatic rings. The highest BCUT2D eigenvalue weighted by Crippen LogP contribution is 2.12. The Morgan fingerprint density at radius 1 is 1.10 bits per heavy atom. The Kier molecular flexibility index (Phi) is 1.44. The predicted octanol–water partition coefficient (Wildman–Crippen LogP) is -0.445. The number of nitrogens with zero attached hydrogens (tertiary/aromatic N) is 1. The van der Waals surface area contributed by atoms with E-state index >= 15 is 0 Å². The van der Waals surface area contributed by atoms with Gasteiger partial charge in [0.25, 0.3) is 0 Å². The molecule has 2 heterocycles. The maximum atomic E-state index is 3.46. The topological polar surface area (TPSA) is 27.3 Å². The van der Waals surface area contributed by atoms with Gasteiger partial charge in [0.05, 0.1) is 0 Å². The highest BCUT2D eigenvalue weighted by molar-refractivity contribution is 4.90. The summed E-state index contributed by atoms with van der Waals surface area (Å²) in [6.45, 7) is 6.85. The van der Waals surface area contributed by atoms with Crippen molar-refractivity contribution in [2.24, 2.45) is 0 Å². The van der Waals surface area contributed by atoms with E-state index < -0.39 is 0 Å². The molecule has 3 heteroatoms. The van der Waals surface area contributed by atoms with Gasteiger partial charge in [-0.1, -0.05) is 0 Å². The van der Waals surface area contributed by atoms with E-state index in [1.807, 2.05) is 0 Å². The van der Waals surface area contributed by atoms with Crippen LogP contribution in [0.5, 0.6) is 0 Å². The molecule has 0 bridgehead atoms. The van der Waals surface area contributed by atoms with E-state index in [0.29, 0.717) is 18.4 Å². The standard InChI is InChI=1S/C7H15N3/c1-5-3-10-4-6(2)9-7(10)8-5/h5-9H,3-4H2,1-2H3. The fraction of sp³-hybridized carbons (Fsp3) is 1.00. The zero-order chi connectivity index (χ0) is 7.14. The molecule has 0 aliphatic carbocycles. The monoisotopic (exact) mass is 141 g/mol. The average molecular weight is 141 g/mol. The van der Waals surface area contributed by atoms with Crippen molar-refractivity contribution in [2.75, 3.05) is 13.1 Å². The molecule has 0 spiro atoms. The maximum Gasteiger partial charge on any atom is 0.115 e. The summed E-state index contributed by atoms with van der Waals surface area (Å²) in [5.41, 5.74) is 0. The highest BCUT2D eigenvalue weighted by atomic mass is 15.5. The second-order valence-electron chi connectivity index (χ2n) is 3.49. The third-order valence-electron chi connectivity index (χ3n) is 2.27. The molecule has 2 rings (SSSR count). The van der Waals surface area contributed by atoms with E-state index in [9.17, 15) is 0 Å². The van der Waals surface area contributed by atoms with Gasteiger partial charge in [-0.2, -0.15) is 0 Å². The van der Waals surface area contributed by atoms with Crippen LogP contribution in [0.15, 0.2) is 0 Å². The third kappa shape index (κ3) is 0.944. The van der Waals surface area contributed by atoms with E-state index in [0.717, 1.165) is 0 Å². The molecule has 2 fully saturated rings. The van der Waals surface area contributed by atoms with Crippen LogP contribution >= 0.6 is 0 Å². The summed E-state index contributed by atoms with van der Waals surface area (Å²) in [5.74, 6) is 0. The largest absolute Gasteiger partial charge is 0.286 e. The molecule has 2 saturated heterocycles. The number of hydrogen-bond acceptors (Lipinski definition) is 3. The molecule has 3 nitrogen and oxygen atoms in total. The van der Waals surface area contributed by atoms with Gasteiger partial charge in [0, 0.05) is 25.2 Å². The Morgan fingerprint density at radius 2 is 1.60 bits per heavy atom. The molecule has 0 aromatic rings. The molecular weight excluding hydrogens is 126 g/mol. The number of nitrogens with one attached hydrogen (secondary N) is 2. The molecule has 0 saturated carbocycles. The Bertz CT molecular complexity index is 109. The van der Waals surface area contributed by atoms with Crippen LogP contribution in [-0.4, -0.2) is 36.4 Å². The minimum absolute atomic E-state index is 0.463. The number of hydrogen-bond donors (Lipinski definition) is 2. The van der Waals surface area contributed by atoms with Crippen LogP contribution in [0.25, 0.3) is 0 Å². The first kappa shape index (κ1) is 6.58. The van der Waals surface area contributed by atoms with Gasteiger partial charge < -0.3 is 0 Å². The second-order valence-corrected chi connectivity index (χ2v) is 3.49. The predicted molar refractivity (Wildman–Crippen MR) is 40.6 cm³/mol. The first-order valence-electron chi connectivity index (χ1n) is 4.02. The van der Waals surface area contributed by atoms with Crippen molar-refractivity contribution >= 4 is 0 Å². The summed E-state index contributed by atoms with van der Waals surface area (Å²) in [6, 6.07) is 1.31. The van der Waals surface area contributed by atoms with Gasteiger partial charge in [0.15, 0.2) is 0 Å². The van der Waals surface area contributed by atoms with E-state index in [4.69, 9.17) is 0 Å². The zero-order valence-corrected chi connectivity index (χ0v) is 6.59. The molecule has 0 aromatic carbocycles. The third-order valence-corrected chi connectivity index (χ3v) is 2.27. The minimum atomic E-state index is 0.463. The summed E-state index contributed by atoms with van der Waals surface area (Å²) in [4.78, 5) is 2.45. The van der Waals surface area contributed by atoms with Crippen LogP contribution in [0.1, 0.15) is 13.8 Å². The zero-order valence-electron chi connectivity index (χ0n) is 6.59. The normalized spacial score (nSPS) is 48.0. The van der Waals surface area contributed by atoms with Gasteiger partial charge in [-0.3, -0.25) is 15.5 Å². The van der Waals surface area contributed by atoms with Crippen molar-refractivity contribution in [3.8, 4) is 0 Å². The van der Waals surface area contributed by atoms with Crippen LogP contribution in [0.2, 0.25) is 0 Å². The molecule has 0 aromatic heterocycles. The lowest BCUT2D eigenvalue weighted by Gasteiger charge is -2.11. The molecule has 2 N–H and O–H groups in total. The van der Waals surface area contributed by atoms with Crippen LogP contribution in [0.3, 0.4) is 0 Å². The van der Waals surface area contributed by atoms with Crippen molar-refractivity contribution in [1.82, 2.24) is 15.5 Å². The van der Waals surface area contributed by atoms with Crippen molar-refractivity contribution < 1.29 is 0 Å². The van der Waals surface area contributed by atoms with Crippen LogP contribution in [-0.2, 0) is 0 Å². The lowest BCUT2D eigenvalue weighted by Crippen LogP contribution is -2.41. The molecule has 58 valence electrons. The summed E-state index contributed by atoms with van der Waals surface area (Å²) < 4.78 is 0. The minimum Gasteiger partial charge on any atom is -0.286 e. The fourth-order valence-corrected chi connectivity index (χ4v) is 1.89. The Balaban J connectivity index is 2.00. The first-order chi connectivity index (χ1) is 4.75. The summed E-state index contributed by atoms with van der Waals surface area (Å²) in [6.07, 6.45) is 0.463. The van der Waals surface area contributed by atoms with Gasteiger partial charge in [-0.15, -0.1) is 0 Å². The molecule has 2 unspecified atom stereocenters. The molecule has 0 amide bonds. The molecule has 2 atom stereocenters. The van der Waals surface area contributed by atoms with Gasteiger partial charge in [0.2, 0.25) is 0 Å². The van der Waals surface area contributed by atoms with Crippen molar-refractivity contribution in [3.05, 3.63) is 0 Å². The molecule has 2 aliphatic heterocycles. The summed E-state index contributed by atoms with van der Waals surface area (Å²) in [5, 5.41) is 6.92. The van der Waals surface area contributed by atoms with Gasteiger partial charge in [-0.25, -0.2) is 0 Å². The van der Waals surface area contributed by atoms with E-state index in [1.54, 1.807) is 0 Å². The van der Waals surface area contributed by atoms with E-state index in [1.165, 1.54) is 13.1 Å². The number of rotatable bonds is 0. The van der Waals surface area contributed by atoms with Crippen molar-refractivity contribution in [2.45, 2.75) is 32.2 Å². The smallest absolute Gasteiger partial charge is 0.115 e. The van der Waals surface area contributed by atoms with E-state index in [2.05, 4.69) is 29.4 Å². The summed E-state index contributed by atoms with van der Waals surface area (Å²) >= 11 is 0. The Morgan fingerprint density at radius 3 is 2.00 bits per heavy atom. The van der Waals surface area contributed by atoms with Gasteiger partial charge >= 0.3 is 0 Å². The van der Waals surface area contributed by atoms with Crippen LogP contribution < -0.4 is 10.6 Å². The van der Waals surface area contributed by atoms with E-state index in [-0.39, 0.29) is 0 Å². The fourth-order valence-electron chi connectivity index (χ4n) is 1.89. The van der Waals surface area contributed by atoms with Crippen molar-refractivity contribution in [3.63, 3.8) is 0 Å². The number of fused-ring (bicyclic) bond motifs is 1. The molecule has 10 heavy (non-hydrogen) atoms. The quantitative estimate of drug-likeness (QED) is 0.479. The molecule has 0 radical (unpaired) electrons. The van der Waals surface area contributed by atoms with Gasteiger partial charge in [-0.05, 0) is 13.8 Å². The van der Waals surface area contributed by atoms with Crippen molar-refractivity contribution in [1.29, 1.82) is 0 Å². The Labute approximate surface area is 61.8 Å². The van der Waals surface area contributed by atoms with Crippen LogP contribution in [0, 0.1) is 0 Å². The lowest BCUT2D eigenvalue weighted by atomic mass is 10.3. The SMILES string of the molecule is CC1CN2CC(C)NC2N1. The van der Waals surface area contributed by atoms with Gasteiger partial charge in [0.1, 0.15) is 6.29 Å². The highest BCUT2D eigenvalue weighted by Gasteiger charge is 2.35.